The number of pyridine rings is 1. The van der Waals surface area contributed by atoms with E-state index in [1.807, 2.05) is 13.0 Å². The van der Waals surface area contributed by atoms with E-state index >= 15 is 0 Å². The Hall–Kier alpha value is -1.49. The van der Waals surface area contributed by atoms with Crippen molar-refractivity contribution in [1.29, 1.82) is 5.26 Å². The summed E-state index contributed by atoms with van der Waals surface area (Å²) in [5, 5.41) is 8.67. The fraction of sp³-hybridized carbons (Fsp3) is 0.500. The van der Waals surface area contributed by atoms with Gasteiger partial charge >= 0.3 is 0 Å². The van der Waals surface area contributed by atoms with Gasteiger partial charge in [-0.2, -0.15) is 9.57 Å². The zero-order valence-corrected chi connectivity index (χ0v) is 11.5. The van der Waals surface area contributed by atoms with Crippen LogP contribution in [0, 0.1) is 17.2 Å². The van der Waals surface area contributed by atoms with E-state index in [0.717, 1.165) is 6.42 Å². The summed E-state index contributed by atoms with van der Waals surface area (Å²) in [5.41, 5.74) is 5.81. The molecule has 1 fully saturated rings. The summed E-state index contributed by atoms with van der Waals surface area (Å²) in [6.07, 6.45) is 2.01. The number of rotatable bonds is 3. The first-order chi connectivity index (χ1) is 8.98. The predicted octanol–water partition coefficient (Wildman–Crippen LogP) is 0.311. The molecule has 1 aliphatic rings. The molecule has 0 saturated carbocycles. The molecule has 2 rings (SSSR count). The number of nitrogens with zero attached hydrogens (tertiary/aromatic N) is 3. The summed E-state index contributed by atoms with van der Waals surface area (Å²) in [6.45, 7) is 2.81. The molecule has 2 atom stereocenters. The minimum atomic E-state index is -3.55. The van der Waals surface area contributed by atoms with Gasteiger partial charge in [-0.05, 0) is 37.9 Å². The summed E-state index contributed by atoms with van der Waals surface area (Å²) in [4.78, 5) is 3.93. The summed E-state index contributed by atoms with van der Waals surface area (Å²) >= 11 is 0. The van der Waals surface area contributed by atoms with Gasteiger partial charge in [0, 0.05) is 18.8 Å². The van der Waals surface area contributed by atoms with Crippen LogP contribution < -0.4 is 5.73 Å². The molecule has 0 amide bonds. The van der Waals surface area contributed by atoms with Gasteiger partial charge in [-0.1, -0.05) is 0 Å². The van der Waals surface area contributed by atoms with Gasteiger partial charge in [-0.15, -0.1) is 0 Å². The predicted molar refractivity (Wildman–Crippen MR) is 69.5 cm³/mol. The summed E-state index contributed by atoms with van der Waals surface area (Å²) < 4.78 is 26.4. The lowest BCUT2D eigenvalue weighted by molar-refractivity contribution is 0.404. The van der Waals surface area contributed by atoms with Crippen LogP contribution in [0.1, 0.15) is 19.0 Å². The normalized spacial score (nSPS) is 24.3. The fourth-order valence-electron chi connectivity index (χ4n) is 2.35. The molecule has 19 heavy (non-hydrogen) atoms. The molecule has 102 valence electrons. The van der Waals surface area contributed by atoms with E-state index in [2.05, 4.69) is 4.98 Å². The molecule has 2 N–H and O–H groups in total. The lowest BCUT2D eigenvalue weighted by atomic mass is 10.1. The standard InChI is InChI=1S/C12H16N4O2S/c1-9-4-10(5-13)8-16(9)19(17,18)12-3-2-11(6-14)15-7-12/h2-3,7,9-10H,4-5,8,13H2,1H3. The van der Waals surface area contributed by atoms with E-state index in [-0.39, 0.29) is 22.5 Å². The second kappa shape index (κ2) is 5.25. The van der Waals surface area contributed by atoms with Crippen LogP contribution in [0.15, 0.2) is 23.2 Å². The third-order valence-corrected chi connectivity index (χ3v) is 5.36. The summed E-state index contributed by atoms with van der Waals surface area (Å²) in [7, 11) is -3.55. The number of sulfonamides is 1. The molecule has 6 nitrogen and oxygen atoms in total. The van der Waals surface area contributed by atoms with Gasteiger partial charge in [0.15, 0.2) is 0 Å². The van der Waals surface area contributed by atoms with Crippen molar-refractivity contribution in [2.45, 2.75) is 24.3 Å². The van der Waals surface area contributed by atoms with Gasteiger partial charge in [0.1, 0.15) is 16.7 Å². The quantitative estimate of drug-likeness (QED) is 0.859. The molecule has 1 aromatic heterocycles. The van der Waals surface area contributed by atoms with E-state index in [9.17, 15) is 8.42 Å². The second-order valence-corrected chi connectivity index (χ2v) is 6.64. The summed E-state index contributed by atoms with van der Waals surface area (Å²) in [6, 6.07) is 4.63. The molecular weight excluding hydrogens is 264 g/mol. The minimum absolute atomic E-state index is 0.0609. The number of aromatic nitrogens is 1. The highest BCUT2D eigenvalue weighted by molar-refractivity contribution is 7.89. The maximum Gasteiger partial charge on any atom is 0.244 e. The van der Waals surface area contributed by atoms with Gasteiger partial charge in [0.25, 0.3) is 0 Å². The number of hydrogen-bond acceptors (Lipinski definition) is 5. The molecule has 0 aliphatic carbocycles. The Morgan fingerprint density at radius 3 is 2.79 bits per heavy atom. The molecular formula is C12H16N4O2S. The molecule has 0 aromatic carbocycles. The maximum atomic E-state index is 12.5. The molecule has 2 heterocycles. The van der Waals surface area contributed by atoms with Crippen molar-refractivity contribution in [3.8, 4) is 6.07 Å². The third-order valence-electron chi connectivity index (χ3n) is 3.40. The van der Waals surface area contributed by atoms with Crippen LogP contribution in [0.5, 0.6) is 0 Å². The Balaban J connectivity index is 2.29. The Morgan fingerprint density at radius 1 is 1.58 bits per heavy atom. The SMILES string of the molecule is CC1CC(CN)CN1S(=O)(=O)c1ccc(C#N)nc1. The van der Waals surface area contributed by atoms with Crippen LogP contribution in [0.2, 0.25) is 0 Å². The minimum Gasteiger partial charge on any atom is -0.330 e. The van der Waals surface area contributed by atoms with Crippen molar-refractivity contribution in [2.75, 3.05) is 13.1 Å². The number of nitrogens with two attached hydrogens (primary N) is 1. The average Bonchev–Trinajstić information content (AvgIpc) is 2.81. The van der Waals surface area contributed by atoms with Crippen molar-refractivity contribution >= 4 is 10.0 Å². The molecule has 0 radical (unpaired) electrons. The lowest BCUT2D eigenvalue weighted by Gasteiger charge is -2.20. The highest BCUT2D eigenvalue weighted by Crippen LogP contribution is 2.28. The van der Waals surface area contributed by atoms with E-state index in [1.54, 1.807) is 0 Å². The van der Waals surface area contributed by atoms with Crippen LogP contribution in [-0.2, 0) is 10.0 Å². The van der Waals surface area contributed by atoms with E-state index < -0.39 is 10.0 Å². The van der Waals surface area contributed by atoms with Crippen LogP contribution in [0.3, 0.4) is 0 Å². The largest absolute Gasteiger partial charge is 0.330 e. The van der Waals surface area contributed by atoms with Crippen molar-refractivity contribution < 1.29 is 8.42 Å². The zero-order chi connectivity index (χ0) is 14.0. The Kier molecular flexibility index (Phi) is 3.85. The highest BCUT2D eigenvalue weighted by Gasteiger charge is 2.37. The van der Waals surface area contributed by atoms with Crippen LogP contribution in [0.4, 0.5) is 0 Å². The molecule has 2 unspecified atom stereocenters. The number of nitriles is 1. The number of hydrogen-bond donors (Lipinski definition) is 1. The van der Waals surface area contributed by atoms with E-state index in [0.29, 0.717) is 13.1 Å². The van der Waals surface area contributed by atoms with Crippen molar-refractivity contribution in [3.05, 3.63) is 24.0 Å². The van der Waals surface area contributed by atoms with Gasteiger partial charge in [-0.3, -0.25) is 0 Å². The van der Waals surface area contributed by atoms with Crippen molar-refractivity contribution in [1.82, 2.24) is 9.29 Å². The van der Waals surface area contributed by atoms with Crippen LogP contribution in [-0.4, -0.2) is 36.8 Å². The van der Waals surface area contributed by atoms with Gasteiger partial charge in [-0.25, -0.2) is 13.4 Å². The Bertz CT molecular complexity index is 591. The van der Waals surface area contributed by atoms with Gasteiger partial charge in [0.2, 0.25) is 10.0 Å². The molecule has 1 aromatic rings. The fourth-order valence-corrected chi connectivity index (χ4v) is 4.01. The Morgan fingerprint density at radius 2 is 2.32 bits per heavy atom. The first kappa shape index (κ1) is 13.9. The van der Waals surface area contributed by atoms with Gasteiger partial charge in [0.05, 0.1) is 0 Å². The highest BCUT2D eigenvalue weighted by atomic mass is 32.2. The molecule has 0 bridgehead atoms. The smallest absolute Gasteiger partial charge is 0.244 e. The second-order valence-electron chi connectivity index (χ2n) is 4.75. The van der Waals surface area contributed by atoms with Crippen molar-refractivity contribution in [3.63, 3.8) is 0 Å². The maximum absolute atomic E-state index is 12.5. The molecule has 0 spiro atoms. The third kappa shape index (κ3) is 2.61. The van der Waals surface area contributed by atoms with Gasteiger partial charge < -0.3 is 5.73 Å². The lowest BCUT2D eigenvalue weighted by Crippen LogP contribution is -2.34. The average molecular weight is 280 g/mol. The first-order valence-electron chi connectivity index (χ1n) is 6.07. The monoisotopic (exact) mass is 280 g/mol. The van der Waals surface area contributed by atoms with E-state index in [1.165, 1.54) is 22.6 Å². The zero-order valence-electron chi connectivity index (χ0n) is 10.7. The topological polar surface area (TPSA) is 100 Å². The van der Waals surface area contributed by atoms with Crippen LogP contribution in [0.25, 0.3) is 0 Å². The molecule has 1 saturated heterocycles. The molecule has 1 aliphatic heterocycles. The first-order valence-corrected chi connectivity index (χ1v) is 7.51. The Labute approximate surface area is 112 Å². The van der Waals surface area contributed by atoms with E-state index in [4.69, 9.17) is 11.0 Å². The van der Waals surface area contributed by atoms with Crippen molar-refractivity contribution in [2.24, 2.45) is 11.7 Å². The summed E-state index contributed by atoms with van der Waals surface area (Å²) in [5.74, 6) is 0.205. The molecule has 7 heteroatoms. The van der Waals surface area contributed by atoms with Crippen LogP contribution >= 0.6 is 0 Å².